The van der Waals surface area contributed by atoms with Crippen LogP contribution < -0.4 is 10.6 Å². The fourth-order valence-corrected chi connectivity index (χ4v) is 1.23. The molecule has 5 heteroatoms. The molecule has 0 saturated carbocycles. The van der Waals surface area contributed by atoms with Gasteiger partial charge in [-0.3, -0.25) is 4.98 Å². The van der Waals surface area contributed by atoms with Gasteiger partial charge in [0.15, 0.2) is 0 Å². The monoisotopic (exact) mass is 210 g/mol. The molecule has 0 amide bonds. The standard InChI is InChI=1S/C9H14N4S/c1-2-13(6-3-8(10)14)9-7-11-4-5-12-9/h4-5,7H,2-3,6H2,1H3,(H2,10,14). The predicted octanol–water partition coefficient (Wildman–Crippen LogP) is 0.979. The minimum Gasteiger partial charge on any atom is -0.393 e. The Morgan fingerprint density at radius 3 is 2.86 bits per heavy atom. The summed E-state index contributed by atoms with van der Waals surface area (Å²) < 4.78 is 0. The fraction of sp³-hybridized carbons (Fsp3) is 0.444. The van der Waals surface area contributed by atoms with Crippen LogP contribution in [0.25, 0.3) is 0 Å². The highest BCUT2D eigenvalue weighted by molar-refractivity contribution is 7.80. The van der Waals surface area contributed by atoms with Crippen LogP contribution in [-0.2, 0) is 0 Å². The zero-order valence-corrected chi connectivity index (χ0v) is 9.00. The van der Waals surface area contributed by atoms with Crippen LogP contribution in [0, 0.1) is 0 Å². The van der Waals surface area contributed by atoms with E-state index in [0.717, 1.165) is 18.9 Å². The van der Waals surface area contributed by atoms with Gasteiger partial charge in [0.25, 0.3) is 0 Å². The first-order chi connectivity index (χ1) is 6.74. The highest BCUT2D eigenvalue weighted by atomic mass is 32.1. The lowest BCUT2D eigenvalue weighted by molar-refractivity contribution is 0.815. The summed E-state index contributed by atoms with van der Waals surface area (Å²) in [5, 5.41) is 0. The molecule has 0 saturated heterocycles. The molecular formula is C9H14N4S. The maximum atomic E-state index is 5.44. The van der Waals surface area contributed by atoms with Crippen LogP contribution in [0.1, 0.15) is 13.3 Å². The van der Waals surface area contributed by atoms with E-state index in [-0.39, 0.29) is 0 Å². The highest BCUT2D eigenvalue weighted by Crippen LogP contribution is 2.07. The number of aromatic nitrogens is 2. The molecule has 76 valence electrons. The van der Waals surface area contributed by atoms with Crippen molar-refractivity contribution in [3.8, 4) is 0 Å². The summed E-state index contributed by atoms with van der Waals surface area (Å²) in [7, 11) is 0. The summed E-state index contributed by atoms with van der Waals surface area (Å²) in [6, 6.07) is 0. The lowest BCUT2D eigenvalue weighted by Crippen LogP contribution is -2.28. The molecule has 0 aliphatic heterocycles. The molecule has 0 bridgehead atoms. The Bertz CT molecular complexity index is 288. The molecule has 0 unspecified atom stereocenters. The Hall–Kier alpha value is -1.23. The molecule has 1 aromatic rings. The smallest absolute Gasteiger partial charge is 0.147 e. The van der Waals surface area contributed by atoms with Crippen LogP contribution >= 0.6 is 12.2 Å². The van der Waals surface area contributed by atoms with Crippen molar-refractivity contribution in [2.24, 2.45) is 5.73 Å². The second kappa shape index (κ2) is 5.49. The Morgan fingerprint density at radius 1 is 1.57 bits per heavy atom. The lowest BCUT2D eigenvalue weighted by Gasteiger charge is -2.20. The van der Waals surface area contributed by atoms with E-state index in [4.69, 9.17) is 18.0 Å². The summed E-state index contributed by atoms with van der Waals surface area (Å²) in [5.74, 6) is 0.867. The molecule has 4 nitrogen and oxygen atoms in total. The van der Waals surface area contributed by atoms with E-state index in [1.165, 1.54) is 0 Å². The van der Waals surface area contributed by atoms with Crippen molar-refractivity contribution in [3.63, 3.8) is 0 Å². The minimum atomic E-state index is 0.535. The number of nitrogens with zero attached hydrogens (tertiary/aromatic N) is 3. The fourth-order valence-electron chi connectivity index (χ4n) is 1.13. The molecule has 1 aromatic heterocycles. The third kappa shape index (κ3) is 3.26. The number of rotatable bonds is 5. The maximum Gasteiger partial charge on any atom is 0.147 e. The van der Waals surface area contributed by atoms with E-state index in [0.29, 0.717) is 11.4 Å². The van der Waals surface area contributed by atoms with Gasteiger partial charge in [-0.05, 0) is 6.92 Å². The predicted molar refractivity (Wildman–Crippen MR) is 61.3 cm³/mol. The van der Waals surface area contributed by atoms with Crippen molar-refractivity contribution < 1.29 is 0 Å². The zero-order chi connectivity index (χ0) is 10.4. The zero-order valence-electron chi connectivity index (χ0n) is 8.18. The summed E-state index contributed by atoms with van der Waals surface area (Å²) in [6.07, 6.45) is 5.78. The highest BCUT2D eigenvalue weighted by Gasteiger charge is 2.04. The third-order valence-electron chi connectivity index (χ3n) is 1.88. The van der Waals surface area contributed by atoms with Crippen LogP contribution in [-0.4, -0.2) is 28.0 Å². The summed E-state index contributed by atoms with van der Waals surface area (Å²) in [4.78, 5) is 10.8. The van der Waals surface area contributed by atoms with Crippen molar-refractivity contribution in [2.45, 2.75) is 13.3 Å². The number of hydrogen-bond donors (Lipinski definition) is 1. The average Bonchev–Trinajstić information content (AvgIpc) is 2.20. The SMILES string of the molecule is CCN(CCC(N)=S)c1cnccn1. The first kappa shape index (κ1) is 10.8. The first-order valence-electron chi connectivity index (χ1n) is 4.53. The minimum absolute atomic E-state index is 0.535. The third-order valence-corrected chi connectivity index (χ3v) is 2.09. The van der Waals surface area contributed by atoms with Gasteiger partial charge < -0.3 is 10.6 Å². The molecule has 2 N–H and O–H groups in total. The maximum absolute atomic E-state index is 5.44. The Morgan fingerprint density at radius 2 is 2.36 bits per heavy atom. The lowest BCUT2D eigenvalue weighted by atomic mass is 10.3. The number of hydrogen-bond acceptors (Lipinski definition) is 4. The molecule has 1 rings (SSSR count). The van der Waals surface area contributed by atoms with Crippen LogP contribution in [0.4, 0.5) is 5.82 Å². The molecule has 0 radical (unpaired) electrons. The van der Waals surface area contributed by atoms with Gasteiger partial charge in [0.1, 0.15) is 5.82 Å². The van der Waals surface area contributed by atoms with E-state index in [2.05, 4.69) is 21.8 Å². The quantitative estimate of drug-likeness (QED) is 0.734. The molecule has 0 atom stereocenters. The molecule has 0 spiro atoms. The molecule has 0 aliphatic rings. The second-order valence-corrected chi connectivity index (χ2v) is 3.38. The van der Waals surface area contributed by atoms with Gasteiger partial charge in [0.05, 0.1) is 11.2 Å². The van der Waals surface area contributed by atoms with Crippen molar-refractivity contribution in [3.05, 3.63) is 18.6 Å². The van der Waals surface area contributed by atoms with Gasteiger partial charge in [0.2, 0.25) is 0 Å². The first-order valence-corrected chi connectivity index (χ1v) is 4.94. The molecule has 1 heterocycles. The largest absolute Gasteiger partial charge is 0.393 e. The molecule has 0 aromatic carbocycles. The van der Waals surface area contributed by atoms with Gasteiger partial charge in [-0.25, -0.2) is 4.98 Å². The normalized spacial score (nSPS) is 9.79. The van der Waals surface area contributed by atoms with Gasteiger partial charge in [-0.1, -0.05) is 12.2 Å². The summed E-state index contributed by atoms with van der Waals surface area (Å²) in [6.45, 7) is 3.74. The van der Waals surface area contributed by atoms with E-state index >= 15 is 0 Å². The molecule has 0 aliphatic carbocycles. The van der Waals surface area contributed by atoms with Crippen molar-refractivity contribution >= 4 is 23.0 Å². The topological polar surface area (TPSA) is 55.0 Å². The summed E-state index contributed by atoms with van der Waals surface area (Å²) in [5.41, 5.74) is 5.44. The number of anilines is 1. The summed E-state index contributed by atoms with van der Waals surface area (Å²) >= 11 is 4.83. The Labute approximate surface area is 89.2 Å². The Kier molecular flexibility index (Phi) is 4.25. The average molecular weight is 210 g/mol. The van der Waals surface area contributed by atoms with Gasteiger partial charge >= 0.3 is 0 Å². The van der Waals surface area contributed by atoms with Crippen molar-refractivity contribution in [2.75, 3.05) is 18.0 Å². The van der Waals surface area contributed by atoms with Crippen molar-refractivity contribution in [1.82, 2.24) is 9.97 Å². The second-order valence-electron chi connectivity index (χ2n) is 2.86. The van der Waals surface area contributed by atoms with E-state index in [9.17, 15) is 0 Å². The van der Waals surface area contributed by atoms with E-state index < -0.39 is 0 Å². The molecule has 0 fully saturated rings. The molecular weight excluding hydrogens is 196 g/mol. The van der Waals surface area contributed by atoms with Crippen LogP contribution in [0.15, 0.2) is 18.6 Å². The van der Waals surface area contributed by atoms with Crippen LogP contribution in [0.2, 0.25) is 0 Å². The van der Waals surface area contributed by atoms with Gasteiger partial charge in [0, 0.05) is 31.9 Å². The van der Waals surface area contributed by atoms with Crippen LogP contribution in [0.5, 0.6) is 0 Å². The number of nitrogens with two attached hydrogens (primary N) is 1. The molecule has 14 heavy (non-hydrogen) atoms. The Balaban J connectivity index is 2.58. The van der Waals surface area contributed by atoms with Gasteiger partial charge in [-0.15, -0.1) is 0 Å². The van der Waals surface area contributed by atoms with E-state index in [1.807, 2.05) is 0 Å². The van der Waals surface area contributed by atoms with E-state index in [1.54, 1.807) is 18.6 Å². The number of thiocarbonyl (C=S) groups is 1. The van der Waals surface area contributed by atoms with Crippen LogP contribution in [0.3, 0.4) is 0 Å². The van der Waals surface area contributed by atoms with Crippen molar-refractivity contribution in [1.29, 1.82) is 0 Å². The van der Waals surface area contributed by atoms with Gasteiger partial charge in [-0.2, -0.15) is 0 Å².